The molecule has 0 spiro atoms. The van der Waals surface area contributed by atoms with Crippen molar-refractivity contribution < 1.29 is 9.47 Å². The minimum absolute atomic E-state index is 0. The number of hydrogen-bond donors (Lipinski definition) is 2. The third kappa shape index (κ3) is 13.5. The highest BCUT2D eigenvalue weighted by Gasteiger charge is 1.99. The van der Waals surface area contributed by atoms with Crippen LogP contribution in [-0.4, -0.2) is 25.0 Å². The van der Waals surface area contributed by atoms with Gasteiger partial charge in [0, 0.05) is 12.8 Å². The van der Waals surface area contributed by atoms with Crippen LogP contribution in [0.3, 0.4) is 0 Å². The van der Waals surface area contributed by atoms with Gasteiger partial charge in [0.05, 0.1) is 13.2 Å². The Labute approximate surface area is 110 Å². The molecule has 0 aromatic carbocycles. The molecule has 16 heavy (non-hydrogen) atoms. The molecule has 0 aliphatic heterocycles. The first kappa shape index (κ1) is 20.9. The fraction of sp³-hybridized carbons (Fsp3) is 0.800. The molecule has 0 aromatic rings. The first-order valence-electron chi connectivity index (χ1n) is 5.11. The molecule has 0 atom stereocenters. The standard InChI is InChI=1S/C10H20N2O2.2ClH/c1-3-13-9(11)7-5-6-8-10(12)14-4-2;;/h11-12H,3-8H2,1-2H3;2*1H. The maximum atomic E-state index is 7.35. The van der Waals surface area contributed by atoms with Crippen LogP contribution in [0.5, 0.6) is 0 Å². The summed E-state index contributed by atoms with van der Waals surface area (Å²) in [6, 6.07) is 0. The summed E-state index contributed by atoms with van der Waals surface area (Å²) in [6.45, 7) is 4.87. The van der Waals surface area contributed by atoms with Crippen molar-refractivity contribution in [3.63, 3.8) is 0 Å². The molecule has 0 bridgehead atoms. The van der Waals surface area contributed by atoms with E-state index in [1.807, 2.05) is 13.8 Å². The lowest BCUT2D eigenvalue weighted by Crippen LogP contribution is -2.05. The Hall–Kier alpha value is -0.480. The minimum atomic E-state index is 0. The van der Waals surface area contributed by atoms with E-state index in [9.17, 15) is 0 Å². The molecule has 0 saturated carbocycles. The lowest BCUT2D eigenvalue weighted by molar-refractivity contribution is 0.307. The minimum Gasteiger partial charge on any atom is -0.481 e. The van der Waals surface area contributed by atoms with E-state index in [1.54, 1.807) is 0 Å². The Morgan fingerprint density at radius 3 is 1.38 bits per heavy atom. The molecule has 0 unspecified atom stereocenters. The highest BCUT2D eigenvalue weighted by molar-refractivity contribution is 5.85. The molecule has 4 nitrogen and oxygen atoms in total. The largest absolute Gasteiger partial charge is 0.481 e. The molecule has 6 heteroatoms. The predicted octanol–water partition coefficient (Wildman–Crippen LogP) is 3.42. The smallest absolute Gasteiger partial charge is 0.180 e. The van der Waals surface area contributed by atoms with Crippen LogP contribution >= 0.6 is 24.8 Å². The van der Waals surface area contributed by atoms with Gasteiger partial charge < -0.3 is 9.47 Å². The molecule has 0 saturated heterocycles. The Morgan fingerprint density at radius 1 is 0.812 bits per heavy atom. The topological polar surface area (TPSA) is 66.2 Å². The van der Waals surface area contributed by atoms with Gasteiger partial charge in [0.25, 0.3) is 0 Å². The van der Waals surface area contributed by atoms with Gasteiger partial charge in [-0.25, -0.2) is 0 Å². The van der Waals surface area contributed by atoms with Crippen LogP contribution in [0.4, 0.5) is 0 Å². The Morgan fingerprint density at radius 2 is 1.12 bits per heavy atom. The maximum absolute atomic E-state index is 7.35. The van der Waals surface area contributed by atoms with Crippen molar-refractivity contribution in [1.29, 1.82) is 10.8 Å². The Kier molecular flexibility index (Phi) is 18.9. The van der Waals surface area contributed by atoms with Gasteiger partial charge in [0.2, 0.25) is 0 Å². The van der Waals surface area contributed by atoms with Gasteiger partial charge in [-0.15, -0.1) is 24.8 Å². The zero-order valence-corrected chi connectivity index (χ0v) is 11.5. The fourth-order valence-corrected chi connectivity index (χ4v) is 1.06. The van der Waals surface area contributed by atoms with Crippen LogP contribution in [0, 0.1) is 10.8 Å². The molecule has 98 valence electrons. The molecule has 0 heterocycles. The number of unbranched alkanes of at least 4 members (excludes halogenated alkanes) is 1. The molecule has 0 radical (unpaired) electrons. The summed E-state index contributed by atoms with van der Waals surface area (Å²) in [5.74, 6) is 0.686. The normalized spacial score (nSPS) is 8.38. The van der Waals surface area contributed by atoms with Crippen LogP contribution in [0.1, 0.15) is 39.5 Å². The van der Waals surface area contributed by atoms with Crippen LogP contribution in [0.25, 0.3) is 0 Å². The van der Waals surface area contributed by atoms with Crippen LogP contribution in [0.2, 0.25) is 0 Å². The van der Waals surface area contributed by atoms with Crippen LogP contribution in [-0.2, 0) is 9.47 Å². The lowest BCUT2D eigenvalue weighted by atomic mass is 10.2. The zero-order valence-electron chi connectivity index (χ0n) is 9.88. The van der Waals surface area contributed by atoms with E-state index >= 15 is 0 Å². The zero-order chi connectivity index (χ0) is 10.8. The van der Waals surface area contributed by atoms with Crippen molar-refractivity contribution in [2.24, 2.45) is 0 Å². The summed E-state index contributed by atoms with van der Waals surface area (Å²) < 4.78 is 9.99. The third-order valence-electron chi connectivity index (χ3n) is 1.69. The van der Waals surface area contributed by atoms with E-state index in [1.165, 1.54) is 0 Å². The summed E-state index contributed by atoms with van der Waals surface area (Å²) in [7, 11) is 0. The SMILES string of the molecule is CCOC(=N)CCCCC(=N)OCC.Cl.Cl. The average Bonchev–Trinajstić information content (AvgIpc) is 2.13. The van der Waals surface area contributed by atoms with Gasteiger partial charge in [-0.1, -0.05) is 0 Å². The Balaban J connectivity index is -0.000000845. The molecular formula is C10H22Cl2N2O2. The highest BCUT2D eigenvalue weighted by atomic mass is 35.5. The van der Waals surface area contributed by atoms with E-state index in [-0.39, 0.29) is 24.8 Å². The first-order valence-corrected chi connectivity index (χ1v) is 5.11. The average molecular weight is 273 g/mol. The first-order chi connectivity index (χ1) is 6.70. The van der Waals surface area contributed by atoms with Gasteiger partial charge in [-0.05, 0) is 26.7 Å². The third-order valence-corrected chi connectivity index (χ3v) is 1.69. The van der Waals surface area contributed by atoms with Crippen molar-refractivity contribution in [3.8, 4) is 0 Å². The van der Waals surface area contributed by atoms with Gasteiger partial charge in [0.1, 0.15) is 0 Å². The molecule has 0 amide bonds. The van der Waals surface area contributed by atoms with Crippen molar-refractivity contribution in [1.82, 2.24) is 0 Å². The number of hydrogen-bond acceptors (Lipinski definition) is 4. The number of halogens is 2. The molecule has 0 aliphatic rings. The van der Waals surface area contributed by atoms with E-state index in [2.05, 4.69) is 0 Å². The van der Waals surface area contributed by atoms with Crippen molar-refractivity contribution in [2.75, 3.05) is 13.2 Å². The van der Waals surface area contributed by atoms with Crippen molar-refractivity contribution in [3.05, 3.63) is 0 Å². The number of nitrogens with one attached hydrogen (secondary N) is 2. The maximum Gasteiger partial charge on any atom is 0.180 e. The predicted molar refractivity (Wildman–Crippen MR) is 71.7 cm³/mol. The van der Waals surface area contributed by atoms with Gasteiger partial charge in [-0.2, -0.15) is 0 Å². The Bertz CT molecular complexity index is 170. The number of ether oxygens (including phenoxy) is 2. The summed E-state index contributed by atoms with van der Waals surface area (Å²) in [5.41, 5.74) is 0. The molecule has 0 fully saturated rings. The van der Waals surface area contributed by atoms with Gasteiger partial charge >= 0.3 is 0 Å². The summed E-state index contributed by atoms with van der Waals surface area (Å²) in [6.07, 6.45) is 3.09. The second-order valence-corrected chi connectivity index (χ2v) is 2.92. The van der Waals surface area contributed by atoms with E-state index < -0.39 is 0 Å². The molecule has 0 aliphatic carbocycles. The lowest BCUT2D eigenvalue weighted by Gasteiger charge is -2.05. The van der Waals surface area contributed by atoms with Crippen LogP contribution < -0.4 is 0 Å². The van der Waals surface area contributed by atoms with Gasteiger partial charge in [-0.3, -0.25) is 10.8 Å². The number of rotatable bonds is 7. The second-order valence-electron chi connectivity index (χ2n) is 2.92. The van der Waals surface area contributed by atoms with Crippen molar-refractivity contribution >= 4 is 36.6 Å². The van der Waals surface area contributed by atoms with Gasteiger partial charge in [0.15, 0.2) is 11.8 Å². The molecule has 0 aromatic heterocycles. The summed E-state index contributed by atoms with van der Waals surface area (Å²) >= 11 is 0. The van der Waals surface area contributed by atoms with Crippen LogP contribution in [0.15, 0.2) is 0 Å². The van der Waals surface area contributed by atoms with E-state index in [4.69, 9.17) is 20.3 Å². The van der Waals surface area contributed by atoms with Crippen molar-refractivity contribution in [2.45, 2.75) is 39.5 Å². The molecular weight excluding hydrogens is 251 g/mol. The fourth-order valence-electron chi connectivity index (χ4n) is 1.06. The summed E-state index contributed by atoms with van der Waals surface area (Å²) in [5, 5.41) is 14.7. The van der Waals surface area contributed by atoms with E-state index in [0.717, 1.165) is 12.8 Å². The highest BCUT2D eigenvalue weighted by Crippen LogP contribution is 2.03. The quantitative estimate of drug-likeness (QED) is 0.424. The molecule has 0 rings (SSSR count). The second kappa shape index (κ2) is 14.5. The summed E-state index contributed by atoms with van der Waals surface area (Å²) in [4.78, 5) is 0. The monoisotopic (exact) mass is 272 g/mol. The molecule has 2 N–H and O–H groups in total. The van der Waals surface area contributed by atoms with E-state index in [0.29, 0.717) is 37.9 Å².